The maximum absolute atomic E-state index is 12.6. The van der Waals surface area contributed by atoms with Crippen molar-refractivity contribution in [3.63, 3.8) is 0 Å². The number of sulfone groups is 1. The minimum atomic E-state index is -2.97. The van der Waals surface area contributed by atoms with Gasteiger partial charge in [0, 0.05) is 24.1 Å². The van der Waals surface area contributed by atoms with E-state index in [1.54, 1.807) is 0 Å². The molecule has 1 atom stereocenters. The van der Waals surface area contributed by atoms with Crippen molar-refractivity contribution in [1.82, 2.24) is 9.97 Å². The van der Waals surface area contributed by atoms with Crippen LogP contribution in [0.5, 0.6) is 0 Å². The van der Waals surface area contributed by atoms with Gasteiger partial charge in [-0.3, -0.25) is 4.79 Å². The predicted molar refractivity (Wildman–Crippen MR) is 106 cm³/mol. The Labute approximate surface area is 159 Å². The highest BCUT2D eigenvalue weighted by molar-refractivity contribution is 7.91. The average molecular weight is 388 g/mol. The fraction of sp³-hybridized carbons (Fsp3) is 0.421. The molecule has 8 heteroatoms. The van der Waals surface area contributed by atoms with Crippen LogP contribution in [0.15, 0.2) is 30.6 Å². The molecule has 1 saturated heterocycles. The van der Waals surface area contributed by atoms with Gasteiger partial charge in [0.15, 0.2) is 9.84 Å². The van der Waals surface area contributed by atoms with E-state index in [1.807, 2.05) is 18.2 Å². The number of carbonyl (C=O) groups is 1. The molecule has 2 heterocycles. The molecule has 3 rings (SSSR count). The first-order chi connectivity index (χ1) is 12.9. The highest BCUT2D eigenvalue weighted by Gasteiger charge is 2.28. The summed E-state index contributed by atoms with van der Waals surface area (Å²) < 4.78 is 23.0. The van der Waals surface area contributed by atoms with Crippen LogP contribution in [0.2, 0.25) is 0 Å². The summed E-state index contributed by atoms with van der Waals surface area (Å²) in [5, 5.41) is 6.00. The molecule has 27 heavy (non-hydrogen) atoms. The second-order valence-electron chi connectivity index (χ2n) is 6.65. The molecule has 1 aromatic heterocycles. The van der Waals surface area contributed by atoms with E-state index in [0.717, 1.165) is 29.7 Å². The number of rotatable bonds is 6. The smallest absolute Gasteiger partial charge is 0.258 e. The van der Waals surface area contributed by atoms with Gasteiger partial charge in [-0.1, -0.05) is 32.0 Å². The van der Waals surface area contributed by atoms with Gasteiger partial charge in [0.2, 0.25) is 5.95 Å². The van der Waals surface area contributed by atoms with Crippen molar-refractivity contribution in [3.05, 3.63) is 47.3 Å². The van der Waals surface area contributed by atoms with Crippen molar-refractivity contribution in [1.29, 1.82) is 0 Å². The number of nitrogens with one attached hydrogen (secondary N) is 2. The lowest BCUT2D eigenvalue weighted by molar-refractivity contribution is 0.102. The third-order valence-electron chi connectivity index (χ3n) is 4.72. The fourth-order valence-corrected chi connectivity index (χ4v) is 4.87. The Balaban J connectivity index is 1.70. The highest BCUT2D eigenvalue weighted by Crippen LogP contribution is 2.23. The van der Waals surface area contributed by atoms with Gasteiger partial charge in [0.1, 0.15) is 0 Å². The quantitative estimate of drug-likeness (QED) is 0.788. The number of anilines is 2. The predicted octanol–water partition coefficient (Wildman–Crippen LogP) is 2.45. The molecule has 1 aliphatic rings. The number of amides is 1. The van der Waals surface area contributed by atoms with E-state index in [4.69, 9.17) is 0 Å². The summed E-state index contributed by atoms with van der Waals surface area (Å²) in [5.41, 5.74) is 3.38. The minimum absolute atomic E-state index is 0.0895. The molecule has 2 N–H and O–H groups in total. The Bertz CT molecular complexity index is 904. The summed E-state index contributed by atoms with van der Waals surface area (Å²) in [6.07, 6.45) is 5.10. The summed E-state index contributed by atoms with van der Waals surface area (Å²) in [7, 11) is -2.97. The van der Waals surface area contributed by atoms with Gasteiger partial charge in [0.25, 0.3) is 5.91 Å². The van der Waals surface area contributed by atoms with E-state index in [0.29, 0.717) is 17.9 Å². The van der Waals surface area contributed by atoms with Crippen molar-refractivity contribution >= 4 is 27.4 Å². The van der Waals surface area contributed by atoms with Crippen molar-refractivity contribution in [2.75, 3.05) is 22.1 Å². The van der Waals surface area contributed by atoms with Gasteiger partial charge >= 0.3 is 0 Å². The average Bonchev–Trinajstić information content (AvgIpc) is 3.00. The number of benzene rings is 1. The lowest BCUT2D eigenvalue weighted by atomic mass is 10.0. The Morgan fingerprint density at radius 2 is 1.78 bits per heavy atom. The Kier molecular flexibility index (Phi) is 5.74. The summed E-state index contributed by atoms with van der Waals surface area (Å²) in [6.45, 7) is 4.11. The van der Waals surface area contributed by atoms with Crippen LogP contribution in [0.3, 0.4) is 0 Å². The molecule has 0 bridgehead atoms. The maximum Gasteiger partial charge on any atom is 0.258 e. The molecule has 144 valence electrons. The number of hydrogen-bond donors (Lipinski definition) is 2. The molecule has 1 aliphatic heterocycles. The van der Waals surface area contributed by atoms with Crippen molar-refractivity contribution in [2.24, 2.45) is 0 Å². The molecule has 1 unspecified atom stereocenters. The molecule has 1 fully saturated rings. The fourth-order valence-electron chi connectivity index (χ4n) is 3.20. The summed E-state index contributed by atoms with van der Waals surface area (Å²) in [6, 6.07) is 5.83. The second-order valence-corrected chi connectivity index (χ2v) is 8.88. The number of nitrogens with zero attached hydrogens (tertiary/aromatic N) is 2. The molecule has 0 radical (unpaired) electrons. The number of aromatic nitrogens is 2. The van der Waals surface area contributed by atoms with Gasteiger partial charge in [-0.15, -0.1) is 0 Å². The van der Waals surface area contributed by atoms with Crippen LogP contribution in [-0.2, 0) is 22.7 Å². The third kappa shape index (κ3) is 4.63. The van der Waals surface area contributed by atoms with E-state index in [2.05, 4.69) is 34.4 Å². The van der Waals surface area contributed by atoms with E-state index in [9.17, 15) is 13.2 Å². The lowest BCUT2D eigenvalue weighted by Crippen LogP contribution is -2.22. The van der Waals surface area contributed by atoms with E-state index < -0.39 is 9.84 Å². The van der Waals surface area contributed by atoms with E-state index in [-0.39, 0.29) is 23.5 Å². The Hall–Kier alpha value is -2.48. The van der Waals surface area contributed by atoms with Crippen LogP contribution >= 0.6 is 0 Å². The number of carbonyl (C=O) groups excluding carboxylic acids is 1. The minimum Gasteiger partial charge on any atom is -0.350 e. The van der Waals surface area contributed by atoms with Gasteiger partial charge in [-0.25, -0.2) is 18.4 Å². The molecule has 0 spiro atoms. The van der Waals surface area contributed by atoms with Crippen LogP contribution in [0.1, 0.15) is 41.8 Å². The molecule has 2 aromatic rings. The van der Waals surface area contributed by atoms with Crippen molar-refractivity contribution < 1.29 is 13.2 Å². The first kappa shape index (κ1) is 19.3. The lowest BCUT2D eigenvalue weighted by Gasteiger charge is -2.14. The van der Waals surface area contributed by atoms with Crippen LogP contribution in [-0.4, -0.2) is 41.8 Å². The topological polar surface area (TPSA) is 101 Å². The molecule has 0 aliphatic carbocycles. The second kappa shape index (κ2) is 8.04. The normalized spacial score (nSPS) is 18.2. The monoisotopic (exact) mass is 388 g/mol. The van der Waals surface area contributed by atoms with Gasteiger partial charge in [-0.2, -0.15) is 0 Å². The van der Waals surface area contributed by atoms with Gasteiger partial charge in [-0.05, 0) is 30.4 Å². The highest BCUT2D eigenvalue weighted by atomic mass is 32.2. The Morgan fingerprint density at radius 1 is 1.15 bits per heavy atom. The number of hydrogen-bond acceptors (Lipinski definition) is 6. The summed E-state index contributed by atoms with van der Waals surface area (Å²) >= 11 is 0. The molecule has 1 aromatic carbocycles. The number of aryl methyl sites for hydroxylation is 2. The van der Waals surface area contributed by atoms with Crippen molar-refractivity contribution in [3.8, 4) is 0 Å². The summed E-state index contributed by atoms with van der Waals surface area (Å²) in [5.74, 6) is 0.339. The molecule has 0 saturated carbocycles. The molecular formula is C19H24N4O3S. The number of para-hydroxylation sites is 1. The third-order valence-corrected chi connectivity index (χ3v) is 6.49. The zero-order valence-electron chi connectivity index (χ0n) is 15.5. The van der Waals surface area contributed by atoms with Crippen LogP contribution in [0, 0.1) is 0 Å². The van der Waals surface area contributed by atoms with Gasteiger partial charge < -0.3 is 10.6 Å². The zero-order chi connectivity index (χ0) is 19.4. The SMILES string of the molecule is CCc1cccc(CC)c1NC(=O)c1cnc(NC2CCS(=O)(=O)C2)nc1. The van der Waals surface area contributed by atoms with Gasteiger partial charge in [0.05, 0.1) is 17.1 Å². The first-order valence-electron chi connectivity index (χ1n) is 9.13. The van der Waals surface area contributed by atoms with Crippen LogP contribution in [0.4, 0.5) is 11.6 Å². The van der Waals surface area contributed by atoms with Crippen LogP contribution in [0.25, 0.3) is 0 Å². The molecular weight excluding hydrogens is 364 g/mol. The van der Waals surface area contributed by atoms with Crippen molar-refractivity contribution in [2.45, 2.75) is 39.2 Å². The zero-order valence-corrected chi connectivity index (χ0v) is 16.3. The Morgan fingerprint density at radius 3 is 2.30 bits per heavy atom. The largest absolute Gasteiger partial charge is 0.350 e. The van der Waals surface area contributed by atoms with E-state index in [1.165, 1.54) is 12.4 Å². The van der Waals surface area contributed by atoms with Crippen LogP contribution < -0.4 is 10.6 Å². The van der Waals surface area contributed by atoms with E-state index >= 15 is 0 Å². The standard InChI is InChI=1S/C19H24N4O3S/c1-3-13-6-5-7-14(4-2)17(13)23-18(24)15-10-20-19(21-11-15)22-16-8-9-27(25,26)12-16/h5-7,10-11,16H,3-4,8-9,12H2,1-2H3,(H,23,24)(H,20,21,22). The molecule has 7 nitrogen and oxygen atoms in total. The molecule has 1 amide bonds. The first-order valence-corrected chi connectivity index (χ1v) is 10.9. The summed E-state index contributed by atoms with van der Waals surface area (Å²) in [4.78, 5) is 20.9. The maximum atomic E-state index is 12.6.